The first kappa shape index (κ1) is 18.2. The van der Waals surface area contributed by atoms with E-state index in [0.717, 1.165) is 33.8 Å². The van der Waals surface area contributed by atoms with Gasteiger partial charge in [0.2, 0.25) is 0 Å². The number of carbonyl (C=O) groups excluding carboxylic acids is 2. The van der Waals surface area contributed by atoms with E-state index in [-0.39, 0.29) is 5.97 Å². The molecule has 4 aromatic rings. The first-order chi connectivity index (χ1) is 13.2. The van der Waals surface area contributed by atoms with E-state index >= 15 is 0 Å². The van der Waals surface area contributed by atoms with E-state index in [1.807, 2.05) is 60.7 Å². The molecule has 0 aliphatic rings. The van der Waals surface area contributed by atoms with E-state index in [0.29, 0.717) is 12.3 Å². The summed E-state index contributed by atoms with van der Waals surface area (Å²) in [5.41, 5.74) is 3.60. The summed E-state index contributed by atoms with van der Waals surface area (Å²) in [5, 5.41) is 2.21. The summed E-state index contributed by atoms with van der Waals surface area (Å²) in [7, 11) is 0. The van der Waals surface area contributed by atoms with Crippen LogP contribution in [0.3, 0.4) is 0 Å². The first-order valence-electron chi connectivity index (χ1n) is 8.65. The Morgan fingerprint density at radius 3 is 2.04 bits per heavy atom. The number of esters is 1. The number of aromatic nitrogens is 2. The molecule has 136 valence electrons. The van der Waals surface area contributed by atoms with Gasteiger partial charge >= 0.3 is 5.97 Å². The highest BCUT2D eigenvalue weighted by molar-refractivity contribution is 5.89. The molecule has 0 bridgehead atoms. The van der Waals surface area contributed by atoms with Gasteiger partial charge in [-0.05, 0) is 42.7 Å². The zero-order valence-corrected chi connectivity index (χ0v) is 14.9. The van der Waals surface area contributed by atoms with Crippen LogP contribution in [0.15, 0.2) is 66.7 Å². The van der Waals surface area contributed by atoms with E-state index in [1.165, 1.54) is 6.08 Å². The molecule has 2 aromatic heterocycles. The summed E-state index contributed by atoms with van der Waals surface area (Å²) >= 11 is 0. The summed E-state index contributed by atoms with van der Waals surface area (Å²) in [6, 6.07) is 19.6. The number of aldehydes is 1. The lowest BCUT2D eigenvalue weighted by atomic mass is 10.2. The van der Waals surface area contributed by atoms with Crippen molar-refractivity contribution in [3.63, 3.8) is 0 Å². The SMILES string of the molecule is CCOC(=O)/C=C/c1cc2ccccc2[nH]1.O=Cc1cc2ccccc2[nH]1. The number of benzene rings is 2. The summed E-state index contributed by atoms with van der Waals surface area (Å²) in [4.78, 5) is 27.6. The molecule has 0 aliphatic heterocycles. The number of aromatic amines is 2. The van der Waals surface area contributed by atoms with Gasteiger partial charge in [-0.15, -0.1) is 0 Å². The fraction of sp³-hybridized carbons (Fsp3) is 0.0909. The Hall–Kier alpha value is -3.60. The van der Waals surface area contributed by atoms with Crippen LogP contribution in [0, 0.1) is 0 Å². The van der Waals surface area contributed by atoms with Gasteiger partial charge in [0, 0.05) is 28.2 Å². The monoisotopic (exact) mass is 360 g/mol. The number of H-pyrrole nitrogens is 2. The average Bonchev–Trinajstić information content (AvgIpc) is 3.30. The molecule has 0 saturated heterocycles. The number of fused-ring (bicyclic) bond motifs is 2. The average molecular weight is 360 g/mol. The summed E-state index contributed by atoms with van der Waals surface area (Å²) in [6.45, 7) is 2.19. The van der Waals surface area contributed by atoms with Crippen molar-refractivity contribution in [2.75, 3.05) is 6.61 Å². The Labute approximate surface area is 156 Å². The van der Waals surface area contributed by atoms with Crippen molar-refractivity contribution < 1.29 is 14.3 Å². The molecule has 0 unspecified atom stereocenters. The van der Waals surface area contributed by atoms with E-state index in [9.17, 15) is 9.59 Å². The fourth-order valence-electron chi connectivity index (χ4n) is 2.69. The fourth-order valence-corrected chi connectivity index (χ4v) is 2.69. The largest absolute Gasteiger partial charge is 0.463 e. The van der Waals surface area contributed by atoms with Crippen molar-refractivity contribution >= 4 is 40.1 Å². The molecule has 0 saturated carbocycles. The van der Waals surface area contributed by atoms with Gasteiger partial charge in [0.05, 0.1) is 12.3 Å². The molecule has 4 rings (SSSR count). The van der Waals surface area contributed by atoms with Crippen LogP contribution in [0.25, 0.3) is 27.9 Å². The van der Waals surface area contributed by atoms with E-state index in [4.69, 9.17) is 4.74 Å². The highest BCUT2D eigenvalue weighted by Crippen LogP contribution is 2.15. The topological polar surface area (TPSA) is 75.0 Å². The molecule has 0 aliphatic carbocycles. The lowest BCUT2D eigenvalue weighted by Crippen LogP contribution is -1.98. The van der Waals surface area contributed by atoms with Gasteiger partial charge < -0.3 is 14.7 Å². The minimum absolute atomic E-state index is 0.318. The third-order valence-corrected chi connectivity index (χ3v) is 3.91. The smallest absolute Gasteiger partial charge is 0.330 e. The van der Waals surface area contributed by atoms with Crippen molar-refractivity contribution in [2.24, 2.45) is 0 Å². The highest BCUT2D eigenvalue weighted by Gasteiger charge is 1.98. The number of nitrogens with one attached hydrogen (secondary N) is 2. The second-order valence-corrected chi connectivity index (χ2v) is 5.83. The Balaban J connectivity index is 0.000000166. The Bertz CT molecular complexity index is 1020. The Morgan fingerprint density at radius 2 is 1.48 bits per heavy atom. The van der Waals surface area contributed by atoms with Gasteiger partial charge in [-0.25, -0.2) is 4.79 Å². The van der Waals surface area contributed by atoms with Crippen LogP contribution in [0.5, 0.6) is 0 Å². The van der Waals surface area contributed by atoms with Crippen LogP contribution in [-0.4, -0.2) is 28.8 Å². The Kier molecular flexibility index (Phi) is 5.84. The second-order valence-electron chi connectivity index (χ2n) is 5.83. The molecule has 0 amide bonds. The zero-order chi connectivity index (χ0) is 19.1. The second kappa shape index (κ2) is 8.67. The van der Waals surface area contributed by atoms with Crippen LogP contribution in [0.2, 0.25) is 0 Å². The molecule has 0 radical (unpaired) electrons. The molecule has 2 aromatic carbocycles. The lowest BCUT2D eigenvalue weighted by molar-refractivity contribution is -0.137. The van der Waals surface area contributed by atoms with Gasteiger partial charge in [-0.2, -0.15) is 0 Å². The molecule has 0 fully saturated rings. The van der Waals surface area contributed by atoms with E-state index in [1.54, 1.807) is 13.0 Å². The Morgan fingerprint density at radius 1 is 0.926 bits per heavy atom. The maximum atomic E-state index is 11.1. The van der Waals surface area contributed by atoms with Gasteiger partial charge in [0.25, 0.3) is 0 Å². The van der Waals surface area contributed by atoms with Crippen molar-refractivity contribution in [3.8, 4) is 0 Å². The number of hydrogen-bond donors (Lipinski definition) is 2. The molecular formula is C22H20N2O3. The number of rotatable bonds is 4. The standard InChI is InChI=1S/C13H13NO2.C9H7NO/c1-2-16-13(15)8-7-11-9-10-5-3-4-6-12(10)14-11;11-6-8-5-7-3-1-2-4-9(7)10-8/h3-9,14H,2H2,1H3;1-6,10H/b8-7+;. The molecular weight excluding hydrogens is 340 g/mol. The number of para-hydroxylation sites is 2. The van der Waals surface area contributed by atoms with E-state index in [2.05, 4.69) is 9.97 Å². The maximum Gasteiger partial charge on any atom is 0.330 e. The minimum Gasteiger partial charge on any atom is -0.463 e. The number of hydrogen-bond acceptors (Lipinski definition) is 3. The van der Waals surface area contributed by atoms with Crippen molar-refractivity contribution in [2.45, 2.75) is 6.92 Å². The molecule has 2 N–H and O–H groups in total. The van der Waals surface area contributed by atoms with Crippen molar-refractivity contribution in [1.29, 1.82) is 0 Å². The first-order valence-corrected chi connectivity index (χ1v) is 8.65. The minimum atomic E-state index is -0.318. The van der Waals surface area contributed by atoms with Gasteiger partial charge in [0.1, 0.15) is 0 Å². The number of ether oxygens (including phenoxy) is 1. The van der Waals surface area contributed by atoms with Crippen LogP contribution in [-0.2, 0) is 9.53 Å². The van der Waals surface area contributed by atoms with Crippen LogP contribution in [0.4, 0.5) is 0 Å². The lowest BCUT2D eigenvalue weighted by Gasteiger charge is -1.93. The van der Waals surface area contributed by atoms with E-state index < -0.39 is 0 Å². The summed E-state index contributed by atoms with van der Waals surface area (Å²) in [6.07, 6.45) is 3.96. The predicted octanol–water partition coefficient (Wildman–Crippen LogP) is 4.72. The third kappa shape index (κ3) is 4.73. The summed E-state index contributed by atoms with van der Waals surface area (Å²) in [5.74, 6) is -0.318. The molecule has 5 heteroatoms. The normalized spacial score (nSPS) is 10.7. The third-order valence-electron chi connectivity index (χ3n) is 3.91. The quantitative estimate of drug-likeness (QED) is 0.314. The molecule has 0 spiro atoms. The summed E-state index contributed by atoms with van der Waals surface area (Å²) < 4.78 is 4.80. The number of carbonyl (C=O) groups is 2. The molecule has 27 heavy (non-hydrogen) atoms. The van der Waals surface area contributed by atoms with Crippen molar-refractivity contribution in [1.82, 2.24) is 9.97 Å². The van der Waals surface area contributed by atoms with Crippen LogP contribution >= 0.6 is 0 Å². The molecule has 0 atom stereocenters. The van der Waals surface area contributed by atoms with Gasteiger partial charge in [0.15, 0.2) is 6.29 Å². The van der Waals surface area contributed by atoms with Crippen LogP contribution in [0.1, 0.15) is 23.1 Å². The van der Waals surface area contributed by atoms with Crippen molar-refractivity contribution in [3.05, 3.63) is 78.1 Å². The molecule has 5 nitrogen and oxygen atoms in total. The van der Waals surface area contributed by atoms with Gasteiger partial charge in [-0.3, -0.25) is 4.79 Å². The maximum absolute atomic E-state index is 11.1. The predicted molar refractivity (Wildman–Crippen MR) is 108 cm³/mol. The molecule has 2 heterocycles. The zero-order valence-electron chi connectivity index (χ0n) is 14.9. The van der Waals surface area contributed by atoms with Gasteiger partial charge in [-0.1, -0.05) is 36.4 Å². The highest BCUT2D eigenvalue weighted by atomic mass is 16.5. The van der Waals surface area contributed by atoms with Crippen LogP contribution < -0.4 is 0 Å².